The molecule has 2 amide bonds. The van der Waals surface area contributed by atoms with Gasteiger partial charge >= 0.3 is 0 Å². The first-order valence-corrected chi connectivity index (χ1v) is 10.3. The molecule has 3 rings (SSSR count). The molecule has 0 aliphatic rings. The molecule has 0 saturated carbocycles. The number of nitrogens with one attached hydrogen (secondary N) is 2. The number of benzene rings is 3. The van der Waals surface area contributed by atoms with Crippen LogP contribution in [-0.2, 0) is 0 Å². The van der Waals surface area contributed by atoms with E-state index in [1.54, 1.807) is 12.1 Å². The van der Waals surface area contributed by atoms with Gasteiger partial charge in [0.15, 0.2) is 0 Å². The highest BCUT2D eigenvalue weighted by molar-refractivity contribution is 14.1. The fourth-order valence-corrected chi connectivity index (χ4v) is 3.74. The molecule has 0 aliphatic heterocycles. The van der Waals surface area contributed by atoms with Crippen molar-refractivity contribution < 1.29 is 9.59 Å². The van der Waals surface area contributed by atoms with Crippen LogP contribution >= 0.6 is 45.2 Å². The second kappa shape index (κ2) is 8.78. The molecule has 0 unspecified atom stereocenters. The highest BCUT2D eigenvalue weighted by Crippen LogP contribution is 2.32. The zero-order valence-electron chi connectivity index (χ0n) is 14.5. The monoisotopic (exact) mass is 598 g/mol. The van der Waals surface area contributed by atoms with E-state index in [0.29, 0.717) is 11.4 Å². The highest BCUT2D eigenvalue weighted by atomic mass is 127. The van der Waals surface area contributed by atoms with Crippen molar-refractivity contribution >= 4 is 79.7 Å². The predicted octanol–water partition coefficient (Wildman–Crippen LogP) is 4.58. The molecule has 0 spiro atoms. The van der Waals surface area contributed by atoms with Gasteiger partial charge in [0, 0.05) is 18.5 Å². The predicted molar refractivity (Wildman–Crippen MR) is 128 cm³/mol. The Morgan fingerprint density at radius 2 is 1.07 bits per heavy atom. The van der Waals surface area contributed by atoms with Crippen molar-refractivity contribution in [3.63, 3.8) is 0 Å². The van der Waals surface area contributed by atoms with Crippen LogP contribution in [0.5, 0.6) is 0 Å². The minimum atomic E-state index is -0.722. The molecule has 0 aliphatic carbocycles. The van der Waals surface area contributed by atoms with E-state index < -0.39 is 11.8 Å². The van der Waals surface area contributed by atoms with Crippen LogP contribution in [0, 0.1) is 7.14 Å². The van der Waals surface area contributed by atoms with Gasteiger partial charge in [-0.15, -0.1) is 0 Å². The van der Waals surface area contributed by atoms with Gasteiger partial charge in [-0.05, 0) is 93.7 Å². The average Bonchev–Trinajstić information content (AvgIpc) is 2.62. The molecule has 0 bridgehead atoms. The Hall–Kier alpha value is -2.34. The van der Waals surface area contributed by atoms with Crippen molar-refractivity contribution in [2.75, 3.05) is 10.6 Å². The van der Waals surface area contributed by atoms with E-state index in [0.717, 1.165) is 18.5 Å². The maximum Gasteiger partial charge on any atom is 0.249 e. The number of primary amides is 2. The lowest BCUT2D eigenvalue weighted by Crippen LogP contribution is -2.21. The first kappa shape index (κ1) is 20.4. The fraction of sp³-hybridized carbons (Fsp3) is 0. The van der Waals surface area contributed by atoms with Crippen molar-refractivity contribution in [2.45, 2.75) is 0 Å². The summed E-state index contributed by atoms with van der Waals surface area (Å²) in [5.74, 6) is -1.44. The lowest BCUT2D eigenvalue weighted by Gasteiger charge is -2.17. The molecule has 142 valence electrons. The molecule has 28 heavy (non-hydrogen) atoms. The lowest BCUT2D eigenvalue weighted by atomic mass is 10.0. The maximum absolute atomic E-state index is 11.9. The summed E-state index contributed by atoms with van der Waals surface area (Å²) in [6, 6.07) is 18.6. The molecule has 0 atom stereocenters. The zero-order chi connectivity index (χ0) is 20.3. The smallest absolute Gasteiger partial charge is 0.249 e. The molecule has 0 radical (unpaired) electrons. The number of anilines is 4. The Morgan fingerprint density at radius 1 is 0.679 bits per heavy atom. The topological polar surface area (TPSA) is 110 Å². The van der Waals surface area contributed by atoms with Crippen LogP contribution in [0.1, 0.15) is 20.7 Å². The Bertz CT molecular complexity index is 985. The first-order valence-electron chi connectivity index (χ1n) is 8.16. The van der Waals surface area contributed by atoms with E-state index in [2.05, 4.69) is 55.8 Å². The highest BCUT2D eigenvalue weighted by Gasteiger charge is 2.18. The van der Waals surface area contributed by atoms with Gasteiger partial charge in [-0.1, -0.05) is 12.1 Å². The van der Waals surface area contributed by atoms with Crippen molar-refractivity contribution in [3.8, 4) is 0 Å². The van der Waals surface area contributed by atoms with Gasteiger partial charge in [0.2, 0.25) is 11.8 Å². The normalized spacial score (nSPS) is 10.4. The summed E-state index contributed by atoms with van der Waals surface area (Å²) < 4.78 is 2.11. The van der Waals surface area contributed by atoms with Gasteiger partial charge < -0.3 is 22.1 Å². The lowest BCUT2D eigenvalue weighted by molar-refractivity contribution is 0.0967. The number of amides is 2. The number of carbonyl (C=O) groups excluding carboxylic acids is 2. The Labute approximate surface area is 189 Å². The van der Waals surface area contributed by atoms with E-state index in [1.165, 1.54) is 0 Å². The average molecular weight is 598 g/mol. The van der Waals surface area contributed by atoms with E-state index in [9.17, 15) is 9.59 Å². The third kappa shape index (κ3) is 4.93. The molecule has 8 heteroatoms. The Balaban J connectivity index is 2.11. The number of carbonyl (C=O) groups is 2. The number of nitrogens with two attached hydrogens (primary N) is 2. The first-order chi connectivity index (χ1) is 13.3. The Kier molecular flexibility index (Phi) is 6.39. The van der Waals surface area contributed by atoms with E-state index in [-0.39, 0.29) is 11.1 Å². The molecule has 6 nitrogen and oxygen atoms in total. The van der Waals surface area contributed by atoms with Gasteiger partial charge in [-0.2, -0.15) is 0 Å². The van der Waals surface area contributed by atoms with Gasteiger partial charge in [0.1, 0.15) is 0 Å². The molecule has 0 saturated heterocycles. The molecule has 0 aromatic heterocycles. The molecule has 3 aromatic carbocycles. The molecular formula is C20H16I2N4O2. The number of hydrogen-bond donors (Lipinski definition) is 4. The summed E-state index contributed by atoms with van der Waals surface area (Å²) in [4.78, 5) is 23.7. The van der Waals surface area contributed by atoms with Crippen LogP contribution in [0.2, 0.25) is 0 Å². The number of hydrogen-bond acceptors (Lipinski definition) is 4. The van der Waals surface area contributed by atoms with Crippen LogP contribution in [0.25, 0.3) is 0 Å². The van der Waals surface area contributed by atoms with Crippen LogP contribution in [0.15, 0.2) is 60.7 Å². The van der Waals surface area contributed by atoms with Crippen LogP contribution in [-0.4, -0.2) is 11.8 Å². The summed E-state index contributed by atoms with van der Waals surface area (Å²) in [6.07, 6.45) is 0. The second-order valence-corrected chi connectivity index (χ2v) is 8.43. The van der Waals surface area contributed by atoms with E-state index in [4.69, 9.17) is 11.5 Å². The quantitative estimate of drug-likeness (QED) is 0.312. The minimum Gasteiger partial charge on any atom is -0.366 e. The summed E-state index contributed by atoms with van der Waals surface area (Å²) >= 11 is 4.44. The van der Waals surface area contributed by atoms with Crippen molar-refractivity contribution in [1.82, 2.24) is 0 Å². The third-order valence-electron chi connectivity index (χ3n) is 3.90. The summed E-state index contributed by atoms with van der Waals surface area (Å²) in [7, 11) is 0. The van der Waals surface area contributed by atoms with Gasteiger partial charge in [0.25, 0.3) is 0 Å². The van der Waals surface area contributed by atoms with Crippen LogP contribution < -0.4 is 22.1 Å². The third-order valence-corrected chi connectivity index (χ3v) is 5.24. The van der Waals surface area contributed by atoms with Crippen LogP contribution in [0.3, 0.4) is 0 Å². The maximum atomic E-state index is 11.9. The SMILES string of the molecule is NC(=O)c1cc(Nc2cccc(I)c2)c(Nc2cccc(I)c2)cc1C(N)=O. The van der Waals surface area contributed by atoms with E-state index >= 15 is 0 Å². The van der Waals surface area contributed by atoms with Gasteiger partial charge in [-0.25, -0.2) is 0 Å². The summed E-state index contributed by atoms with van der Waals surface area (Å²) in [5, 5.41) is 6.56. The Morgan fingerprint density at radius 3 is 1.39 bits per heavy atom. The number of halogens is 2. The number of rotatable bonds is 6. The summed E-state index contributed by atoms with van der Waals surface area (Å²) in [6.45, 7) is 0. The molecule has 6 N–H and O–H groups in total. The van der Waals surface area contributed by atoms with Crippen molar-refractivity contribution in [1.29, 1.82) is 0 Å². The molecule has 0 heterocycles. The second-order valence-electron chi connectivity index (χ2n) is 5.94. The standard InChI is InChI=1S/C20H16I2N4O2/c21-11-3-1-5-13(7-11)25-17-9-15(19(23)27)16(20(24)28)10-18(17)26-14-6-2-4-12(22)8-14/h1-10,25-26H,(H2,23,27)(H2,24,28). The van der Waals surface area contributed by atoms with Crippen molar-refractivity contribution in [3.05, 3.63) is 78.9 Å². The zero-order valence-corrected chi connectivity index (χ0v) is 18.8. The molecule has 3 aromatic rings. The van der Waals surface area contributed by atoms with Gasteiger partial charge in [-0.3, -0.25) is 9.59 Å². The molecule has 0 fully saturated rings. The largest absolute Gasteiger partial charge is 0.366 e. The fourth-order valence-electron chi connectivity index (χ4n) is 2.66. The minimum absolute atomic E-state index is 0.0637. The van der Waals surface area contributed by atoms with Crippen LogP contribution in [0.4, 0.5) is 22.7 Å². The van der Waals surface area contributed by atoms with E-state index in [1.807, 2.05) is 48.5 Å². The van der Waals surface area contributed by atoms with Gasteiger partial charge in [0.05, 0.1) is 22.5 Å². The summed E-state index contributed by atoms with van der Waals surface area (Å²) in [5.41, 5.74) is 13.9. The van der Waals surface area contributed by atoms with Crippen molar-refractivity contribution in [2.24, 2.45) is 11.5 Å². The molecular weight excluding hydrogens is 582 g/mol.